The number of carbonyl (C=O) groups excluding carboxylic acids is 1. The molecule has 3 atom stereocenters. The van der Waals surface area contributed by atoms with Crippen molar-refractivity contribution >= 4 is 5.91 Å². The van der Waals surface area contributed by atoms with Crippen molar-refractivity contribution in [2.75, 3.05) is 6.61 Å². The second kappa shape index (κ2) is 5.02. The van der Waals surface area contributed by atoms with Crippen LogP contribution in [-0.2, 0) is 9.53 Å². The van der Waals surface area contributed by atoms with E-state index in [0.29, 0.717) is 13.0 Å². The van der Waals surface area contributed by atoms with Crippen molar-refractivity contribution in [1.29, 1.82) is 0 Å². The van der Waals surface area contributed by atoms with E-state index in [0.717, 1.165) is 6.42 Å². The molecule has 0 bridgehead atoms. The Morgan fingerprint density at radius 1 is 1.79 bits per heavy atom. The number of ether oxygens (including phenoxy) is 1. The maximum Gasteiger partial charge on any atom is 0.226 e. The van der Waals surface area contributed by atoms with E-state index in [4.69, 9.17) is 11.2 Å². The molecule has 1 saturated heterocycles. The molecule has 1 fully saturated rings. The molecule has 1 heterocycles. The predicted octanol–water partition coefficient (Wildman–Crippen LogP) is 0.939. The first-order valence-electron chi connectivity index (χ1n) is 5.00. The number of terminal acetylenes is 1. The van der Waals surface area contributed by atoms with Crippen LogP contribution in [0.5, 0.6) is 0 Å². The van der Waals surface area contributed by atoms with Crippen LogP contribution in [0.1, 0.15) is 26.7 Å². The molecule has 0 spiro atoms. The van der Waals surface area contributed by atoms with E-state index >= 15 is 0 Å². The number of carbonyl (C=O) groups is 1. The number of hydrogen-bond acceptors (Lipinski definition) is 2. The van der Waals surface area contributed by atoms with Gasteiger partial charge in [-0.05, 0) is 20.3 Å². The van der Waals surface area contributed by atoms with Gasteiger partial charge in [-0.2, -0.15) is 0 Å². The number of nitrogens with one attached hydrogen (secondary N) is 1. The largest absolute Gasteiger partial charge is 0.378 e. The maximum absolute atomic E-state index is 11.7. The Hall–Kier alpha value is -1.01. The highest BCUT2D eigenvalue weighted by atomic mass is 16.5. The Morgan fingerprint density at radius 3 is 3.00 bits per heavy atom. The van der Waals surface area contributed by atoms with Crippen LogP contribution in [0.3, 0.4) is 0 Å². The van der Waals surface area contributed by atoms with Crippen LogP contribution in [-0.4, -0.2) is 24.7 Å². The van der Waals surface area contributed by atoms with Crippen molar-refractivity contribution in [3.05, 3.63) is 0 Å². The molecule has 0 aromatic heterocycles. The van der Waals surface area contributed by atoms with Crippen LogP contribution in [0, 0.1) is 18.3 Å². The molecule has 1 amide bonds. The summed E-state index contributed by atoms with van der Waals surface area (Å²) in [5.74, 6) is 2.59. The summed E-state index contributed by atoms with van der Waals surface area (Å²) in [7, 11) is 0. The maximum atomic E-state index is 11.7. The zero-order valence-corrected chi connectivity index (χ0v) is 8.75. The van der Waals surface area contributed by atoms with E-state index in [1.54, 1.807) is 0 Å². The molecule has 1 aliphatic heterocycles. The summed E-state index contributed by atoms with van der Waals surface area (Å²) in [6, 6.07) is 0.0558. The summed E-state index contributed by atoms with van der Waals surface area (Å²) in [5, 5.41) is 2.89. The normalized spacial score (nSPS) is 28.1. The highest BCUT2D eigenvalue weighted by molar-refractivity contribution is 5.79. The van der Waals surface area contributed by atoms with Gasteiger partial charge in [0.25, 0.3) is 0 Å². The quantitative estimate of drug-likeness (QED) is 0.681. The molecular weight excluding hydrogens is 178 g/mol. The molecule has 3 heteroatoms. The van der Waals surface area contributed by atoms with Crippen molar-refractivity contribution in [3.8, 4) is 12.3 Å². The van der Waals surface area contributed by atoms with E-state index in [9.17, 15) is 4.79 Å². The third kappa shape index (κ3) is 2.74. The van der Waals surface area contributed by atoms with Crippen LogP contribution >= 0.6 is 0 Å². The molecule has 0 aromatic rings. The first-order chi connectivity index (χ1) is 6.65. The van der Waals surface area contributed by atoms with Gasteiger partial charge in [0, 0.05) is 19.1 Å². The van der Waals surface area contributed by atoms with Gasteiger partial charge in [0.05, 0.1) is 12.0 Å². The minimum absolute atomic E-state index is 0.00442. The SMILES string of the molecule is C#CCC(C)NC(=O)C1CCOC1C. The number of amides is 1. The zero-order valence-electron chi connectivity index (χ0n) is 8.75. The summed E-state index contributed by atoms with van der Waals surface area (Å²) in [6.45, 7) is 4.53. The van der Waals surface area contributed by atoms with Crippen molar-refractivity contribution in [1.82, 2.24) is 5.32 Å². The van der Waals surface area contributed by atoms with Gasteiger partial charge in [-0.1, -0.05) is 0 Å². The van der Waals surface area contributed by atoms with Crippen LogP contribution in [0.25, 0.3) is 0 Å². The van der Waals surface area contributed by atoms with Crippen LogP contribution < -0.4 is 5.32 Å². The van der Waals surface area contributed by atoms with Crippen LogP contribution in [0.15, 0.2) is 0 Å². The molecule has 0 aromatic carbocycles. The molecular formula is C11H17NO2. The molecule has 1 rings (SSSR count). The fraction of sp³-hybridized carbons (Fsp3) is 0.727. The first-order valence-corrected chi connectivity index (χ1v) is 5.00. The van der Waals surface area contributed by atoms with Gasteiger partial charge in [0.1, 0.15) is 0 Å². The zero-order chi connectivity index (χ0) is 10.6. The summed E-state index contributed by atoms with van der Waals surface area (Å²) in [4.78, 5) is 11.7. The lowest BCUT2D eigenvalue weighted by Crippen LogP contribution is -2.39. The molecule has 0 saturated carbocycles. The lowest BCUT2D eigenvalue weighted by atomic mass is 10.0. The monoisotopic (exact) mass is 195 g/mol. The van der Waals surface area contributed by atoms with Crippen LogP contribution in [0.4, 0.5) is 0 Å². The molecule has 78 valence electrons. The second-order valence-corrected chi connectivity index (χ2v) is 3.79. The van der Waals surface area contributed by atoms with Gasteiger partial charge in [-0.3, -0.25) is 4.79 Å². The number of hydrogen-bond donors (Lipinski definition) is 1. The van der Waals surface area contributed by atoms with E-state index < -0.39 is 0 Å². The van der Waals surface area contributed by atoms with Gasteiger partial charge < -0.3 is 10.1 Å². The molecule has 3 unspecified atom stereocenters. The Kier molecular flexibility index (Phi) is 3.97. The second-order valence-electron chi connectivity index (χ2n) is 3.79. The van der Waals surface area contributed by atoms with E-state index in [1.165, 1.54) is 0 Å². The molecule has 0 aliphatic carbocycles. The Morgan fingerprint density at radius 2 is 2.50 bits per heavy atom. The smallest absolute Gasteiger partial charge is 0.226 e. The molecule has 1 N–H and O–H groups in total. The fourth-order valence-electron chi connectivity index (χ4n) is 1.65. The van der Waals surface area contributed by atoms with Crippen molar-refractivity contribution in [3.63, 3.8) is 0 Å². The lowest BCUT2D eigenvalue weighted by Gasteiger charge is -2.17. The topological polar surface area (TPSA) is 38.3 Å². The highest BCUT2D eigenvalue weighted by Gasteiger charge is 2.30. The summed E-state index contributed by atoms with van der Waals surface area (Å²) < 4.78 is 5.33. The average molecular weight is 195 g/mol. The molecule has 0 radical (unpaired) electrons. The van der Waals surface area contributed by atoms with Gasteiger partial charge in [0.15, 0.2) is 0 Å². The lowest BCUT2D eigenvalue weighted by molar-refractivity contribution is -0.126. The summed E-state index contributed by atoms with van der Waals surface area (Å²) in [5.41, 5.74) is 0. The summed E-state index contributed by atoms with van der Waals surface area (Å²) >= 11 is 0. The fourth-order valence-corrected chi connectivity index (χ4v) is 1.65. The molecule has 3 nitrogen and oxygen atoms in total. The van der Waals surface area contributed by atoms with E-state index in [1.807, 2.05) is 13.8 Å². The minimum atomic E-state index is -0.00442. The number of rotatable bonds is 3. The minimum Gasteiger partial charge on any atom is -0.378 e. The van der Waals surface area contributed by atoms with Gasteiger partial charge in [0.2, 0.25) is 5.91 Å². The van der Waals surface area contributed by atoms with Crippen molar-refractivity contribution < 1.29 is 9.53 Å². The first kappa shape index (κ1) is 11.1. The van der Waals surface area contributed by atoms with E-state index in [-0.39, 0.29) is 24.0 Å². The van der Waals surface area contributed by atoms with Crippen molar-refractivity contribution in [2.45, 2.75) is 38.8 Å². The van der Waals surface area contributed by atoms with Crippen molar-refractivity contribution in [2.24, 2.45) is 5.92 Å². The Bertz CT molecular complexity index is 244. The highest BCUT2D eigenvalue weighted by Crippen LogP contribution is 2.20. The molecule has 1 aliphatic rings. The Balaban J connectivity index is 2.38. The van der Waals surface area contributed by atoms with Gasteiger partial charge in [-0.15, -0.1) is 12.3 Å². The third-order valence-corrected chi connectivity index (χ3v) is 2.53. The molecule has 14 heavy (non-hydrogen) atoms. The predicted molar refractivity (Wildman–Crippen MR) is 54.6 cm³/mol. The van der Waals surface area contributed by atoms with Gasteiger partial charge in [-0.25, -0.2) is 0 Å². The standard InChI is InChI=1S/C11H17NO2/c1-4-5-8(2)12-11(13)10-6-7-14-9(10)3/h1,8-10H,5-7H2,2-3H3,(H,12,13). The average Bonchev–Trinajstić information content (AvgIpc) is 2.51. The van der Waals surface area contributed by atoms with Crippen LogP contribution in [0.2, 0.25) is 0 Å². The van der Waals surface area contributed by atoms with E-state index in [2.05, 4.69) is 11.2 Å². The third-order valence-electron chi connectivity index (χ3n) is 2.53. The Labute approximate surface area is 85.2 Å². The van der Waals surface area contributed by atoms with Gasteiger partial charge >= 0.3 is 0 Å². The summed E-state index contributed by atoms with van der Waals surface area (Å²) in [6.07, 6.45) is 6.59.